The second-order valence-electron chi connectivity index (χ2n) is 3.25. The molecule has 3 aromatic rings. The second kappa shape index (κ2) is 5.92. The Kier molecular flexibility index (Phi) is 4.03. The average Bonchev–Trinajstić information content (AvgIpc) is 3.03. The van der Waals surface area contributed by atoms with Crippen molar-refractivity contribution >= 4 is 22.3 Å². The van der Waals surface area contributed by atoms with Crippen LogP contribution in [0.4, 0.5) is 0 Å². The molecule has 0 N–H and O–H groups in total. The highest BCUT2D eigenvalue weighted by molar-refractivity contribution is 7.14. The summed E-state index contributed by atoms with van der Waals surface area (Å²) < 4.78 is 6.24. The molecule has 0 saturated heterocycles. The van der Waals surface area contributed by atoms with Crippen LogP contribution < -0.4 is 0 Å². The summed E-state index contributed by atoms with van der Waals surface area (Å²) in [7, 11) is 1.37. The van der Waals surface area contributed by atoms with Crippen LogP contribution in [0.5, 0.6) is 0 Å². The highest BCUT2D eigenvalue weighted by atomic mass is 32.1. The largest absolute Gasteiger partial charge is 0.465 e. The van der Waals surface area contributed by atoms with Crippen molar-refractivity contribution in [2.75, 3.05) is 7.11 Å². The lowest BCUT2D eigenvalue weighted by molar-refractivity contribution is 0.0601. The number of nitrogens with zero attached hydrogens (tertiary/aromatic N) is 3. The Morgan fingerprint density at radius 2 is 2.11 bits per heavy atom. The molecule has 2 aromatic heterocycles. The first-order chi connectivity index (χ1) is 8.81. The number of fused-ring (bicyclic) bond motifs is 1. The van der Waals surface area contributed by atoms with Gasteiger partial charge in [-0.3, -0.25) is 0 Å². The van der Waals surface area contributed by atoms with Crippen molar-refractivity contribution in [3.63, 3.8) is 0 Å². The maximum absolute atomic E-state index is 10.8. The van der Waals surface area contributed by atoms with Gasteiger partial charge in [0.15, 0.2) is 0 Å². The Hall–Kier alpha value is -2.21. The lowest BCUT2D eigenvalue weighted by atomic mass is 10.2. The standard InChI is InChI=1S/C8H8O2.C4H3N3S/c1-10-8(9)7-5-3-2-4-6-7;1-2-7-4(5-1)8-3-6-7/h2-6H,1H3;1-3H. The molecular weight excluding hydrogens is 250 g/mol. The van der Waals surface area contributed by atoms with Gasteiger partial charge in [-0.25, -0.2) is 14.3 Å². The summed E-state index contributed by atoms with van der Waals surface area (Å²) in [4.78, 5) is 15.7. The number of imidazole rings is 1. The number of methoxy groups -OCH3 is 1. The van der Waals surface area contributed by atoms with Crippen molar-refractivity contribution in [2.24, 2.45) is 0 Å². The molecule has 0 aliphatic carbocycles. The van der Waals surface area contributed by atoms with Crippen LogP contribution in [-0.4, -0.2) is 27.7 Å². The van der Waals surface area contributed by atoms with E-state index in [4.69, 9.17) is 0 Å². The van der Waals surface area contributed by atoms with Gasteiger partial charge in [0.2, 0.25) is 4.96 Å². The second-order valence-corrected chi connectivity index (χ2v) is 4.06. The van der Waals surface area contributed by atoms with E-state index in [-0.39, 0.29) is 5.97 Å². The number of rotatable bonds is 1. The molecule has 2 heterocycles. The first kappa shape index (κ1) is 12.3. The van der Waals surface area contributed by atoms with Crippen LogP contribution in [0.2, 0.25) is 0 Å². The Balaban J connectivity index is 0.000000136. The van der Waals surface area contributed by atoms with Crippen molar-refractivity contribution in [1.29, 1.82) is 0 Å². The Morgan fingerprint density at radius 3 is 2.78 bits per heavy atom. The van der Waals surface area contributed by atoms with Crippen LogP contribution in [0.25, 0.3) is 4.96 Å². The van der Waals surface area contributed by atoms with E-state index in [0.717, 1.165) is 4.96 Å². The lowest BCUT2D eigenvalue weighted by Gasteiger charge is -1.95. The van der Waals surface area contributed by atoms with Crippen molar-refractivity contribution in [3.05, 3.63) is 53.8 Å². The molecule has 0 bridgehead atoms. The Labute approximate surface area is 108 Å². The molecule has 0 saturated carbocycles. The topological polar surface area (TPSA) is 56.5 Å². The van der Waals surface area contributed by atoms with Gasteiger partial charge in [-0.1, -0.05) is 29.5 Å². The monoisotopic (exact) mass is 261 g/mol. The van der Waals surface area contributed by atoms with E-state index in [2.05, 4.69) is 14.8 Å². The molecule has 0 radical (unpaired) electrons. The number of ether oxygens (including phenoxy) is 1. The summed E-state index contributed by atoms with van der Waals surface area (Å²) in [5.74, 6) is -0.291. The highest BCUT2D eigenvalue weighted by Gasteiger charge is 2.00. The zero-order valence-electron chi connectivity index (χ0n) is 9.69. The highest BCUT2D eigenvalue weighted by Crippen LogP contribution is 2.03. The van der Waals surface area contributed by atoms with Crippen molar-refractivity contribution in [1.82, 2.24) is 14.6 Å². The summed E-state index contributed by atoms with van der Waals surface area (Å²) >= 11 is 1.53. The molecule has 92 valence electrons. The number of hydrogen-bond donors (Lipinski definition) is 0. The van der Waals surface area contributed by atoms with Crippen molar-refractivity contribution in [3.8, 4) is 0 Å². The molecule has 0 aliphatic heterocycles. The predicted molar refractivity (Wildman–Crippen MR) is 68.6 cm³/mol. The number of esters is 1. The SMILES string of the molecule is COC(=O)c1ccccc1.c1cn2ncsc2n1. The molecule has 0 fully saturated rings. The van der Waals surface area contributed by atoms with E-state index in [9.17, 15) is 4.79 Å². The summed E-state index contributed by atoms with van der Waals surface area (Å²) in [5.41, 5.74) is 2.35. The van der Waals surface area contributed by atoms with E-state index in [1.165, 1.54) is 18.4 Å². The molecule has 5 nitrogen and oxygen atoms in total. The first-order valence-electron chi connectivity index (χ1n) is 5.17. The molecule has 0 spiro atoms. The minimum absolute atomic E-state index is 0.291. The van der Waals surface area contributed by atoms with Gasteiger partial charge >= 0.3 is 5.97 Å². The number of aromatic nitrogens is 3. The third-order valence-corrected chi connectivity index (χ3v) is 2.82. The quantitative estimate of drug-likeness (QED) is 0.630. The molecule has 3 rings (SSSR count). The third kappa shape index (κ3) is 2.92. The van der Waals surface area contributed by atoms with Crippen LogP contribution in [0.1, 0.15) is 10.4 Å². The summed E-state index contributed by atoms with van der Waals surface area (Å²) in [6.45, 7) is 0. The van der Waals surface area contributed by atoms with E-state index >= 15 is 0 Å². The van der Waals surface area contributed by atoms with E-state index in [1.54, 1.807) is 40.5 Å². The molecule has 0 atom stereocenters. The Morgan fingerprint density at radius 1 is 1.33 bits per heavy atom. The summed E-state index contributed by atoms with van der Waals surface area (Å²) in [6.07, 6.45) is 3.56. The van der Waals surface area contributed by atoms with Crippen molar-refractivity contribution < 1.29 is 9.53 Å². The number of carbonyl (C=O) groups is 1. The van der Waals surface area contributed by atoms with Gasteiger partial charge in [0, 0.05) is 6.20 Å². The van der Waals surface area contributed by atoms with Crippen LogP contribution in [0, 0.1) is 0 Å². The van der Waals surface area contributed by atoms with Crippen LogP contribution >= 0.6 is 11.3 Å². The molecule has 6 heteroatoms. The van der Waals surface area contributed by atoms with E-state index < -0.39 is 0 Å². The molecular formula is C12H11N3O2S. The predicted octanol–water partition coefficient (Wildman–Crippen LogP) is 2.26. The van der Waals surface area contributed by atoms with Gasteiger partial charge in [0.25, 0.3) is 0 Å². The maximum Gasteiger partial charge on any atom is 0.337 e. The first-order valence-corrected chi connectivity index (χ1v) is 6.05. The van der Waals surface area contributed by atoms with Crippen LogP contribution in [0.15, 0.2) is 48.2 Å². The van der Waals surface area contributed by atoms with Crippen LogP contribution in [-0.2, 0) is 4.74 Å². The molecule has 0 amide bonds. The van der Waals surface area contributed by atoms with Gasteiger partial charge in [-0.2, -0.15) is 5.10 Å². The summed E-state index contributed by atoms with van der Waals surface area (Å²) in [6, 6.07) is 8.88. The average molecular weight is 261 g/mol. The van der Waals surface area contributed by atoms with E-state index in [1.807, 2.05) is 12.3 Å². The molecule has 0 aliphatic rings. The lowest BCUT2D eigenvalue weighted by Crippen LogP contribution is -1.99. The van der Waals surface area contributed by atoms with Crippen LogP contribution in [0.3, 0.4) is 0 Å². The number of hydrogen-bond acceptors (Lipinski definition) is 5. The smallest absolute Gasteiger partial charge is 0.337 e. The maximum atomic E-state index is 10.8. The third-order valence-electron chi connectivity index (χ3n) is 2.11. The molecule has 18 heavy (non-hydrogen) atoms. The molecule has 1 aromatic carbocycles. The van der Waals surface area contributed by atoms with Crippen molar-refractivity contribution in [2.45, 2.75) is 0 Å². The van der Waals surface area contributed by atoms with E-state index in [0.29, 0.717) is 5.56 Å². The van der Waals surface area contributed by atoms with Gasteiger partial charge in [-0.15, -0.1) is 0 Å². The van der Waals surface area contributed by atoms with Gasteiger partial charge in [0.05, 0.1) is 18.9 Å². The van der Waals surface area contributed by atoms with Gasteiger partial charge < -0.3 is 4.74 Å². The zero-order valence-corrected chi connectivity index (χ0v) is 10.5. The fourth-order valence-electron chi connectivity index (χ4n) is 1.27. The molecule has 0 unspecified atom stereocenters. The fourth-order valence-corrected chi connectivity index (χ4v) is 1.85. The number of carbonyl (C=O) groups excluding carboxylic acids is 1. The minimum atomic E-state index is -0.291. The minimum Gasteiger partial charge on any atom is -0.465 e. The van der Waals surface area contributed by atoms with Gasteiger partial charge in [0.1, 0.15) is 5.51 Å². The van der Waals surface area contributed by atoms with Gasteiger partial charge in [-0.05, 0) is 12.1 Å². The normalized spacial score (nSPS) is 9.61. The Bertz CT molecular complexity index is 567. The number of benzene rings is 1. The summed E-state index contributed by atoms with van der Waals surface area (Å²) in [5, 5.41) is 3.95. The zero-order chi connectivity index (χ0) is 12.8. The fraction of sp³-hybridized carbons (Fsp3) is 0.0833.